The lowest BCUT2D eigenvalue weighted by Crippen LogP contribution is -2.13. The fourth-order valence-corrected chi connectivity index (χ4v) is 2.29. The second kappa shape index (κ2) is 6.01. The summed E-state index contributed by atoms with van der Waals surface area (Å²) in [6.07, 6.45) is 0. The first-order chi connectivity index (χ1) is 9.38. The lowest BCUT2D eigenvalue weighted by Gasteiger charge is -2.11. The van der Waals surface area contributed by atoms with Gasteiger partial charge in [0.2, 0.25) is 0 Å². The van der Waals surface area contributed by atoms with Crippen LogP contribution in [0.1, 0.15) is 21.5 Å². The molecular weight excluding hydrogens is 387 g/mol. The molecule has 0 bridgehead atoms. The van der Waals surface area contributed by atoms with E-state index in [4.69, 9.17) is 17.3 Å². The Morgan fingerprint density at radius 3 is 2.50 bits per heavy atom. The Bertz CT molecular complexity index is 686. The molecule has 2 rings (SSSR count). The third-order valence-electron chi connectivity index (χ3n) is 3.10. The van der Waals surface area contributed by atoms with Crippen molar-refractivity contribution in [1.29, 1.82) is 0 Å². The van der Waals surface area contributed by atoms with Crippen molar-refractivity contribution in [1.82, 2.24) is 0 Å². The SMILES string of the molecule is Cc1cc(N)c(NC(=O)c2ccc(I)c(Cl)c2)cc1C. The zero-order chi connectivity index (χ0) is 14.9. The fraction of sp³-hybridized carbons (Fsp3) is 0.133. The Morgan fingerprint density at radius 2 is 1.85 bits per heavy atom. The maximum absolute atomic E-state index is 12.2. The van der Waals surface area contributed by atoms with Crippen LogP contribution in [0.5, 0.6) is 0 Å². The Kier molecular flexibility index (Phi) is 4.55. The van der Waals surface area contributed by atoms with E-state index in [1.807, 2.05) is 32.0 Å². The number of amides is 1. The van der Waals surface area contributed by atoms with E-state index in [0.29, 0.717) is 22.0 Å². The van der Waals surface area contributed by atoms with Crippen LogP contribution < -0.4 is 11.1 Å². The van der Waals surface area contributed by atoms with Crippen molar-refractivity contribution in [3.8, 4) is 0 Å². The van der Waals surface area contributed by atoms with E-state index in [1.165, 1.54) is 0 Å². The highest BCUT2D eigenvalue weighted by molar-refractivity contribution is 14.1. The minimum Gasteiger partial charge on any atom is -0.397 e. The van der Waals surface area contributed by atoms with Crippen molar-refractivity contribution >= 4 is 51.5 Å². The number of hydrogen-bond acceptors (Lipinski definition) is 2. The van der Waals surface area contributed by atoms with Gasteiger partial charge in [0.25, 0.3) is 5.91 Å². The molecule has 0 atom stereocenters. The molecule has 5 heteroatoms. The largest absolute Gasteiger partial charge is 0.397 e. The topological polar surface area (TPSA) is 55.1 Å². The summed E-state index contributed by atoms with van der Waals surface area (Å²) in [5.74, 6) is -0.224. The van der Waals surface area contributed by atoms with Crippen LogP contribution in [-0.2, 0) is 0 Å². The first-order valence-corrected chi connectivity index (χ1v) is 7.47. The molecule has 2 aromatic carbocycles. The monoisotopic (exact) mass is 400 g/mol. The maximum Gasteiger partial charge on any atom is 0.255 e. The minimum atomic E-state index is -0.224. The van der Waals surface area contributed by atoms with E-state index in [9.17, 15) is 4.79 Å². The van der Waals surface area contributed by atoms with E-state index < -0.39 is 0 Å². The zero-order valence-corrected chi connectivity index (χ0v) is 14.0. The van der Waals surface area contributed by atoms with Crippen LogP contribution in [0.4, 0.5) is 11.4 Å². The van der Waals surface area contributed by atoms with Gasteiger partial charge in [-0.3, -0.25) is 4.79 Å². The normalized spacial score (nSPS) is 10.4. The van der Waals surface area contributed by atoms with Crippen LogP contribution in [0.15, 0.2) is 30.3 Å². The zero-order valence-electron chi connectivity index (χ0n) is 11.1. The lowest BCUT2D eigenvalue weighted by atomic mass is 10.1. The van der Waals surface area contributed by atoms with Crippen molar-refractivity contribution in [2.75, 3.05) is 11.1 Å². The summed E-state index contributed by atoms with van der Waals surface area (Å²) in [6.45, 7) is 3.96. The van der Waals surface area contributed by atoms with Crippen LogP contribution in [0.25, 0.3) is 0 Å². The Balaban J connectivity index is 2.27. The van der Waals surface area contributed by atoms with Crippen molar-refractivity contribution < 1.29 is 4.79 Å². The van der Waals surface area contributed by atoms with Crippen molar-refractivity contribution in [3.63, 3.8) is 0 Å². The molecule has 0 saturated heterocycles. The predicted octanol–water partition coefficient (Wildman–Crippen LogP) is 4.40. The fourth-order valence-electron chi connectivity index (χ4n) is 1.78. The third-order valence-corrected chi connectivity index (χ3v) is 4.67. The highest BCUT2D eigenvalue weighted by Gasteiger charge is 2.10. The maximum atomic E-state index is 12.2. The summed E-state index contributed by atoms with van der Waals surface area (Å²) >= 11 is 8.14. The van der Waals surface area contributed by atoms with Crippen molar-refractivity contribution in [2.45, 2.75) is 13.8 Å². The number of aryl methyl sites for hydroxylation is 2. The average molecular weight is 401 g/mol. The first kappa shape index (κ1) is 15.1. The van der Waals surface area contributed by atoms with E-state index in [1.54, 1.807) is 12.1 Å². The Hall–Kier alpha value is -1.27. The van der Waals surface area contributed by atoms with Gasteiger partial charge < -0.3 is 11.1 Å². The quantitative estimate of drug-likeness (QED) is 0.580. The number of nitrogen functional groups attached to an aromatic ring is 1. The number of anilines is 2. The third kappa shape index (κ3) is 3.24. The molecular formula is C15H14ClIN2O. The molecule has 0 heterocycles. The Labute approximate surface area is 136 Å². The van der Waals surface area contributed by atoms with Gasteiger partial charge >= 0.3 is 0 Å². The van der Waals surface area contributed by atoms with Crippen LogP contribution in [0, 0.1) is 17.4 Å². The molecule has 0 spiro atoms. The number of nitrogens with one attached hydrogen (secondary N) is 1. The summed E-state index contributed by atoms with van der Waals surface area (Å²) in [5, 5.41) is 3.38. The molecule has 2 aromatic rings. The van der Waals surface area contributed by atoms with Crippen LogP contribution in [0.3, 0.4) is 0 Å². The van der Waals surface area contributed by atoms with Crippen LogP contribution >= 0.6 is 34.2 Å². The van der Waals surface area contributed by atoms with Gasteiger partial charge in [0.1, 0.15) is 0 Å². The molecule has 104 valence electrons. The predicted molar refractivity (Wildman–Crippen MR) is 92.5 cm³/mol. The summed E-state index contributed by atoms with van der Waals surface area (Å²) < 4.78 is 0.909. The highest BCUT2D eigenvalue weighted by atomic mass is 127. The first-order valence-electron chi connectivity index (χ1n) is 6.01. The molecule has 0 aliphatic carbocycles. The average Bonchev–Trinajstić information content (AvgIpc) is 2.39. The number of carbonyl (C=O) groups is 1. The molecule has 0 radical (unpaired) electrons. The second-order valence-corrected chi connectivity index (χ2v) is 6.18. The van der Waals surface area contributed by atoms with Gasteiger partial charge in [0.05, 0.1) is 16.4 Å². The summed E-state index contributed by atoms with van der Waals surface area (Å²) in [6, 6.07) is 8.92. The van der Waals surface area contributed by atoms with Crippen LogP contribution in [-0.4, -0.2) is 5.91 Å². The number of hydrogen-bond donors (Lipinski definition) is 2. The number of carbonyl (C=O) groups excluding carboxylic acids is 1. The minimum absolute atomic E-state index is 0.224. The van der Waals surface area contributed by atoms with Crippen LogP contribution in [0.2, 0.25) is 5.02 Å². The van der Waals surface area contributed by atoms with Gasteiger partial charge in [-0.1, -0.05) is 11.6 Å². The summed E-state index contributed by atoms with van der Waals surface area (Å²) in [4.78, 5) is 12.2. The van der Waals surface area contributed by atoms with Gasteiger partial charge in [0, 0.05) is 9.13 Å². The summed E-state index contributed by atoms with van der Waals surface area (Å²) in [7, 11) is 0. The van der Waals surface area contributed by atoms with Gasteiger partial charge in [0.15, 0.2) is 0 Å². The van der Waals surface area contributed by atoms with Gasteiger partial charge in [-0.2, -0.15) is 0 Å². The van der Waals surface area contributed by atoms with Gasteiger partial charge in [-0.05, 0) is 77.9 Å². The smallest absolute Gasteiger partial charge is 0.255 e. The molecule has 20 heavy (non-hydrogen) atoms. The van der Waals surface area contributed by atoms with Crippen molar-refractivity contribution in [2.24, 2.45) is 0 Å². The number of halogens is 2. The molecule has 0 unspecified atom stereocenters. The summed E-state index contributed by atoms with van der Waals surface area (Å²) in [5.41, 5.74) is 9.78. The van der Waals surface area contributed by atoms with E-state index in [-0.39, 0.29) is 5.91 Å². The van der Waals surface area contributed by atoms with E-state index in [0.717, 1.165) is 14.7 Å². The van der Waals surface area contributed by atoms with Gasteiger partial charge in [-0.25, -0.2) is 0 Å². The van der Waals surface area contributed by atoms with Crippen molar-refractivity contribution in [3.05, 3.63) is 55.6 Å². The van der Waals surface area contributed by atoms with E-state index >= 15 is 0 Å². The lowest BCUT2D eigenvalue weighted by molar-refractivity contribution is 0.102. The highest BCUT2D eigenvalue weighted by Crippen LogP contribution is 2.25. The van der Waals surface area contributed by atoms with Gasteiger partial charge in [-0.15, -0.1) is 0 Å². The number of nitrogens with two attached hydrogens (primary N) is 1. The number of benzene rings is 2. The Morgan fingerprint density at radius 1 is 1.20 bits per heavy atom. The molecule has 3 N–H and O–H groups in total. The molecule has 0 aliphatic heterocycles. The molecule has 1 amide bonds. The standard InChI is InChI=1S/C15H14ClIN2O/c1-8-5-13(18)14(6-9(8)2)19-15(20)10-3-4-12(17)11(16)7-10/h3-7H,18H2,1-2H3,(H,19,20). The molecule has 0 aromatic heterocycles. The van der Waals surface area contributed by atoms with E-state index in [2.05, 4.69) is 27.9 Å². The number of rotatable bonds is 2. The molecule has 3 nitrogen and oxygen atoms in total. The molecule has 0 aliphatic rings. The second-order valence-electron chi connectivity index (χ2n) is 4.61. The molecule has 0 saturated carbocycles. The molecule has 0 fully saturated rings.